The Bertz CT molecular complexity index is 1080. The first-order valence-corrected chi connectivity index (χ1v) is 11.5. The average Bonchev–Trinajstić information content (AvgIpc) is 3.42. The molecular formula is C30H29NO. The largest absolute Gasteiger partial charge is 0.395 e. The molecule has 32 heavy (non-hydrogen) atoms. The molecule has 2 heteroatoms. The Balaban J connectivity index is 1.67. The minimum Gasteiger partial charge on any atom is -0.395 e. The molecule has 0 bridgehead atoms. The van der Waals surface area contributed by atoms with E-state index in [9.17, 15) is 5.11 Å². The molecule has 0 aliphatic carbocycles. The summed E-state index contributed by atoms with van der Waals surface area (Å²) in [4.78, 5) is 0. The van der Waals surface area contributed by atoms with Crippen molar-refractivity contribution in [3.8, 4) is 22.3 Å². The van der Waals surface area contributed by atoms with Crippen molar-refractivity contribution in [3.63, 3.8) is 0 Å². The normalized spacial score (nSPS) is 16.2. The van der Waals surface area contributed by atoms with Gasteiger partial charge in [-0.2, -0.15) is 0 Å². The summed E-state index contributed by atoms with van der Waals surface area (Å²) in [7, 11) is 0. The zero-order valence-electron chi connectivity index (χ0n) is 18.2. The lowest BCUT2D eigenvalue weighted by molar-refractivity contribution is 0.188. The highest BCUT2D eigenvalue weighted by atomic mass is 16.3. The van der Waals surface area contributed by atoms with Crippen LogP contribution in [0.1, 0.15) is 24.0 Å². The fourth-order valence-electron chi connectivity index (χ4n) is 5.18. The van der Waals surface area contributed by atoms with Gasteiger partial charge < -0.3 is 10.4 Å². The Labute approximate surface area is 190 Å². The van der Waals surface area contributed by atoms with Crippen LogP contribution in [0.3, 0.4) is 0 Å². The molecule has 0 radical (unpaired) electrons. The molecule has 5 rings (SSSR count). The predicted octanol–water partition coefficient (Wildman–Crippen LogP) is 6.05. The van der Waals surface area contributed by atoms with E-state index in [4.69, 9.17) is 0 Å². The van der Waals surface area contributed by atoms with E-state index in [1.165, 1.54) is 22.3 Å². The van der Waals surface area contributed by atoms with Crippen LogP contribution in [0.2, 0.25) is 0 Å². The zero-order valence-corrected chi connectivity index (χ0v) is 18.2. The van der Waals surface area contributed by atoms with Gasteiger partial charge in [-0.3, -0.25) is 0 Å². The Kier molecular flexibility index (Phi) is 5.89. The van der Waals surface area contributed by atoms with E-state index in [0.717, 1.165) is 30.5 Å². The van der Waals surface area contributed by atoms with Crippen LogP contribution in [0.5, 0.6) is 0 Å². The second-order valence-corrected chi connectivity index (χ2v) is 8.67. The van der Waals surface area contributed by atoms with Crippen molar-refractivity contribution >= 4 is 0 Å². The summed E-state index contributed by atoms with van der Waals surface area (Å²) in [6.07, 6.45) is 2.18. The van der Waals surface area contributed by atoms with Crippen molar-refractivity contribution in [2.75, 3.05) is 13.2 Å². The third-order valence-electron chi connectivity index (χ3n) is 6.87. The highest BCUT2D eigenvalue weighted by Crippen LogP contribution is 2.41. The van der Waals surface area contributed by atoms with Crippen molar-refractivity contribution < 1.29 is 5.11 Å². The Hall–Kier alpha value is -3.20. The molecule has 1 saturated heterocycles. The average molecular weight is 420 g/mol. The van der Waals surface area contributed by atoms with Crippen molar-refractivity contribution in [2.45, 2.75) is 24.3 Å². The van der Waals surface area contributed by atoms with Crippen LogP contribution in [0.15, 0.2) is 109 Å². The lowest BCUT2D eigenvalue weighted by Crippen LogP contribution is -2.49. The second kappa shape index (κ2) is 9.12. The van der Waals surface area contributed by atoms with Crippen LogP contribution in [-0.4, -0.2) is 24.3 Å². The molecule has 1 aliphatic heterocycles. The molecule has 0 amide bonds. The smallest absolute Gasteiger partial charge is 0.0586 e. The molecule has 0 saturated carbocycles. The van der Waals surface area contributed by atoms with Crippen molar-refractivity contribution in [1.82, 2.24) is 5.32 Å². The first-order valence-electron chi connectivity index (χ1n) is 11.5. The molecule has 1 atom stereocenters. The fraction of sp³-hybridized carbons (Fsp3) is 0.200. The van der Waals surface area contributed by atoms with E-state index in [2.05, 4.69) is 102 Å². The molecule has 1 heterocycles. The molecule has 160 valence electrons. The van der Waals surface area contributed by atoms with Gasteiger partial charge in [-0.15, -0.1) is 0 Å². The van der Waals surface area contributed by atoms with Crippen LogP contribution in [0.4, 0.5) is 0 Å². The van der Waals surface area contributed by atoms with Crippen LogP contribution in [0, 0.1) is 0 Å². The summed E-state index contributed by atoms with van der Waals surface area (Å²) in [6.45, 7) is 1.05. The van der Waals surface area contributed by atoms with Gasteiger partial charge in [-0.25, -0.2) is 0 Å². The maximum atomic E-state index is 11.0. The van der Waals surface area contributed by atoms with Gasteiger partial charge in [0.25, 0.3) is 0 Å². The molecule has 4 aromatic rings. The van der Waals surface area contributed by atoms with E-state index in [1.54, 1.807) is 0 Å². The minimum absolute atomic E-state index is 0.0567. The third-order valence-corrected chi connectivity index (χ3v) is 6.87. The van der Waals surface area contributed by atoms with Crippen LogP contribution in [0.25, 0.3) is 22.3 Å². The molecule has 0 spiro atoms. The second-order valence-electron chi connectivity index (χ2n) is 8.67. The summed E-state index contributed by atoms with van der Waals surface area (Å²) >= 11 is 0. The van der Waals surface area contributed by atoms with E-state index in [0.29, 0.717) is 0 Å². The predicted molar refractivity (Wildman–Crippen MR) is 133 cm³/mol. The SMILES string of the molecule is OCC(c1cccc(-c2ccccc2)c1)(c1cccc(-c2ccccc2)c1)C1CCCN1. The van der Waals surface area contributed by atoms with Crippen LogP contribution >= 0.6 is 0 Å². The summed E-state index contributed by atoms with van der Waals surface area (Å²) < 4.78 is 0. The monoisotopic (exact) mass is 419 g/mol. The quantitative estimate of drug-likeness (QED) is 0.399. The lowest BCUT2D eigenvalue weighted by Gasteiger charge is -2.39. The highest BCUT2D eigenvalue weighted by molar-refractivity contribution is 5.67. The first kappa shape index (κ1) is 20.7. The maximum absolute atomic E-state index is 11.0. The zero-order chi connectivity index (χ0) is 21.8. The summed E-state index contributed by atoms with van der Waals surface area (Å²) in [5.41, 5.74) is 6.55. The standard InChI is InChI=1S/C30H29NO/c32-22-30(29-18-9-19-31-29,27-16-7-14-25(20-27)23-10-3-1-4-11-23)28-17-8-15-26(21-28)24-12-5-2-6-13-24/h1-8,10-17,20-21,29,31-32H,9,18-19,22H2. The van der Waals surface area contributed by atoms with E-state index in [1.807, 2.05) is 12.1 Å². The topological polar surface area (TPSA) is 32.3 Å². The van der Waals surface area contributed by atoms with E-state index < -0.39 is 5.41 Å². The van der Waals surface area contributed by atoms with Crippen LogP contribution < -0.4 is 5.32 Å². The van der Waals surface area contributed by atoms with E-state index in [-0.39, 0.29) is 12.6 Å². The molecule has 1 aliphatic rings. The molecule has 0 aromatic heterocycles. The molecule has 2 nitrogen and oxygen atoms in total. The number of hydrogen-bond acceptors (Lipinski definition) is 2. The number of hydrogen-bond donors (Lipinski definition) is 2. The number of rotatable bonds is 6. The van der Waals surface area contributed by atoms with Gasteiger partial charge in [0.2, 0.25) is 0 Å². The Morgan fingerprint density at radius 1 is 0.656 bits per heavy atom. The van der Waals surface area contributed by atoms with Gasteiger partial charge >= 0.3 is 0 Å². The van der Waals surface area contributed by atoms with Crippen LogP contribution in [-0.2, 0) is 5.41 Å². The summed E-state index contributed by atoms with van der Waals surface area (Å²) in [6, 6.07) is 38.6. The number of aliphatic hydroxyl groups is 1. The van der Waals surface area contributed by atoms with Gasteiger partial charge in [0, 0.05) is 6.04 Å². The number of benzene rings is 4. The van der Waals surface area contributed by atoms with Crippen molar-refractivity contribution in [2.24, 2.45) is 0 Å². The minimum atomic E-state index is -0.508. The number of aliphatic hydroxyl groups excluding tert-OH is 1. The summed E-state index contributed by atoms with van der Waals surface area (Å²) in [5.74, 6) is 0. The maximum Gasteiger partial charge on any atom is 0.0586 e. The molecule has 1 fully saturated rings. The lowest BCUT2D eigenvalue weighted by atomic mass is 9.68. The van der Waals surface area contributed by atoms with Crippen molar-refractivity contribution in [1.29, 1.82) is 0 Å². The van der Waals surface area contributed by atoms with Gasteiger partial charge in [-0.1, -0.05) is 109 Å². The third kappa shape index (κ3) is 3.77. The molecule has 4 aromatic carbocycles. The Morgan fingerprint density at radius 2 is 1.16 bits per heavy atom. The van der Waals surface area contributed by atoms with Gasteiger partial charge in [0.15, 0.2) is 0 Å². The van der Waals surface area contributed by atoms with Gasteiger partial charge in [-0.05, 0) is 52.8 Å². The molecule has 1 unspecified atom stereocenters. The molecule has 2 N–H and O–H groups in total. The number of nitrogens with one attached hydrogen (secondary N) is 1. The van der Waals surface area contributed by atoms with Gasteiger partial charge in [0.05, 0.1) is 12.0 Å². The Morgan fingerprint density at radius 3 is 1.59 bits per heavy atom. The first-order chi connectivity index (χ1) is 15.8. The fourth-order valence-corrected chi connectivity index (χ4v) is 5.18. The summed E-state index contributed by atoms with van der Waals surface area (Å²) in [5, 5.41) is 14.7. The van der Waals surface area contributed by atoms with E-state index >= 15 is 0 Å². The van der Waals surface area contributed by atoms with Crippen molar-refractivity contribution in [3.05, 3.63) is 120 Å². The highest BCUT2D eigenvalue weighted by Gasteiger charge is 2.43. The van der Waals surface area contributed by atoms with Gasteiger partial charge in [0.1, 0.15) is 0 Å². The molecular weight excluding hydrogens is 390 g/mol.